The molecule has 20 heavy (non-hydrogen) atoms. The van der Waals surface area contributed by atoms with Crippen molar-refractivity contribution in [1.29, 1.82) is 0 Å². The van der Waals surface area contributed by atoms with E-state index in [-0.39, 0.29) is 0 Å². The molecule has 0 saturated carbocycles. The molecular formula is C18H22S2. The van der Waals surface area contributed by atoms with E-state index in [2.05, 4.69) is 62.4 Å². The Labute approximate surface area is 131 Å². The fourth-order valence-corrected chi connectivity index (χ4v) is 4.05. The van der Waals surface area contributed by atoms with Crippen molar-refractivity contribution in [2.45, 2.75) is 36.5 Å². The summed E-state index contributed by atoms with van der Waals surface area (Å²) in [5, 5.41) is 0. The smallest absolute Gasteiger partial charge is 0.00745 e. The van der Waals surface area contributed by atoms with Crippen LogP contribution in [0.4, 0.5) is 0 Å². The van der Waals surface area contributed by atoms with Crippen molar-refractivity contribution in [2.75, 3.05) is 11.5 Å². The SMILES string of the molecule is Cc1cccc(SCCCCSc2cccc(C)c2)c1. The molecule has 0 aliphatic carbocycles. The third-order valence-corrected chi connectivity index (χ3v) is 5.22. The van der Waals surface area contributed by atoms with Gasteiger partial charge >= 0.3 is 0 Å². The maximum absolute atomic E-state index is 2.27. The van der Waals surface area contributed by atoms with Crippen molar-refractivity contribution >= 4 is 23.5 Å². The average Bonchev–Trinajstić information content (AvgIpc) is 2.43. The van der Waals surface area contributed by atoms with Gasteiger partial charge in [0.15, 0.2) is 0 Å². The molecule has 0 heterocycles. The summed E-state index contributed by atoms with van der Waals surface area (Å²) in [6, 6.07) is 17.6. The van der Waals surface area contributed by atoms with Crippen LogP contribution in [-0.4, -0.2) is 11.5 Å². The molecule has 0 bridgehead atoms. The number of rotatable bonds is 7. The van der Waals surface area contributed by atoms with Crippen LogP contribution in [-0.2, 0) is 0 Å². The van der Waals surface area contributed by atoms with E-state index in [1.165, 1.54) is 45.3 Å². The van der Waals surface area contributed by atoms with E-state index in [9.17, 15) is 0 Å². The topological polar surface area (TPSA) is 0 Å². The Kier molecular flexibility index (Phi) is 6.55. The highest BCUT2D eigenvalue weighted by molar-refractivity contribution is 7.99. The summed E-state index contributed by atoms with van der Waals surface area (Å²) >= 11 is 3.95. The molecule has 2 heteroatoms. The molecule has 0 fully saturated rings. The lowest BCUT2D eigenvalue weighted by atomic mass is 10.2. The van der Waals surface area contributed by atoms with E-state index in [0.29, 0.717) is 0 Å². The second kappa shape index (κ2) is 8.43. The van der Waals surface area contributed by atoms with Gasteiger partial charge in [0.25, 0.3) is 0 Å². The number of thioether (sulfide) groups is 2. The molecule has 0 saturated heterocycles. The number of unbranched alkanes of at least 4 members (excludes halogenated alkanes) is 1. The summed E-state index contributed by atoms with van der Waals surface area (Å²) < 4.78 is 0. The summed E-state index contributed by atoms with van der Waals surface area (Å²) in [5.41, 5.74) is 2.70. The Morgan fingerprint density at radius 2 is 1.15 bits per heavy atom. The first-order valence-corrected chi connectivity index (χ1v) is 9.10. The summed E-state index contributed by atoms with van der Waals surface area (Å²) in [7, 11) is 0. The van der Waals surface area contributed by atoms with Crippen LogP contribution in [0.2, 0.25) is 0 Å². The van der Waals surface area contributed by atoms with Crippen molar-refractivity contribution in [2.24, 2.45) is 0 Å². The Hall–Kier alpha value is -0.860. The minimum absolute atomic E-state index is 1.22. The van der Waals surface area contributed by atoms with E-state index in [1.807, 2.05) is 23.5 Å². The summed E-state index contributed by atoms with van der Waals surface area (Å²) in [6.45, 7) is 4.31. The Bertz CT molecular complexity index is 485. The van der Waals surface area contributed by atoms with Gasteiger partial charge in [-0.15, -0.1) is 23.5 Å². The Morgan fingerprint density at radius 1 is 0.700 bits per heavy atom. The third kappa shape index (κ3) is 5.64. The van der Waals surface area contributed by atoms with Crippen LogP contribution < -0.4 is 0 Å². The van der Waals surface area contributed by atoms with Gasteiger partial charge in [-0.1, -0.05) is 35.4 Å². The van der Waals surface area contributed by atoms with Gasteiger partial charge in [-0.05, 0) is 62.5 Å². The first-order chi connectivity index (χ1) is 9.74. The normalized spacial score (nSPS) is 10.7. The molecule has 0 nitrogen and oxygen atoms in total. The van der Waals surface area contributed by atoms with Gasteiger partial charge in [0, 0.05) is 9.79 Å². The van der Waals surface area contributed by atoms with Gasteiger partial charge in [-0.2, -0.15) is 0 Å². The molecule has 0 atom stereocenters. The molecule has 2 rings (SSSR count). The molecule has 0 unspecified atom stereocenters. The second-order valence-electron chi connectivity index (χ2n) is 5.04. The largest absolute Gasteiger partial charge is 0.126 e. The Balaban J connectivity index is 1.60. The minimum Gasteiger partial charge on any atom is -0.126 e. The highest BCUT2D eigenvalue weighted by Gasteiger charge is 1.97. The predicted octanol–water partition coefficient (Wildman–Crippen LogP) is 5.97. The van der Waals surface area contributed by atoms with Crippen LogP contribution in [0, 0.1) is 13.8 Å². The maximum Gasteiger partial charge on any atom is 0.00745 e. The van der Waals surface area contributed by atoms with Gasteiger partial charge in [0.05, 0.1) is 0 Å². The van der Waals surface area contributed by atoms with Crippen LogP contribution >= 0.6 is 23.5 Å². The molecule has 2 aromatic carbocycles. The molecular weight excluding hydrogens is 280 g/mol. The molecule has 0 amide bonds. The predicted molar refractivity (Wildman–Crippen MR) is 93.0 cm³/mol. The summed E-state index contributed by atoms with van der Waals surface area (Å²) in [6.07, 6.45) is 2.58. The lowest BCUT2D eigenvalue weighted by Crippen LogP contribution is -1.85. The fourth-order valence-electron chi connectivity index (χ4n) is 1.99. The zero-order valence-corrected chi connectivity index (χ0v) is 13.9. The van der Waals surface area contributed by atoms with Crippen molar-refractivity contribution in [3.05, 3.63) is 59.7 Å². The number of hydrogen-bond donors (Lipinski definition) is 0. The van der Waals surface area contributed by atoms with Crippen molar-refractivity contribution < 1.29 is 0 Å². The van der Waals surface area contributed by atoms with Crippen molar-refractivity contribution in [3.63, 3.8) is 0 Å². The van der Waals surface area contributed by atoms with E-state index < -0.39 is 0 Å². The van der Waals surface area contributed by atoms with Crippen molar-refractivity contribution in [1.82, 2.24) is 0 Å². The lowest BCUT2D eigenvalue weighted by Gasteiger charge is -2.04. The van der Waals surface area contributed by atoms with Crippen LogP contribution in [0.15, 0.2) is 58.3 Å². The lowest BCUT2D eigenvalue weighted by molar-refractivity contribution is 0.906. The first-order valence-electron chi connectivity index (χ1n) is 7.13. The van der Waals surface area contributed by atoms with E-state index >= 15 is 0 Å². The highest BCUT2D eigenvalue weighted by Crippen LogP contribution is 2.23. The first kappa shape index (κ1) is 15.5. The van der Waals surface area contributed by atoms with Gasteiger partial charge in [0.2, 0.25) is 0 Å². The molecule has 0 aliphatic heterocycles. The zero-order valence-electron chi connectivity index (χ0n) is 12.3. The summed E-state index contributed by atoms with van der Waals surface area (Å²) in [5.74, 6) is 2.44. The Morgan fingerprint density at radius 3 is 1.55 bits per heavy atom. The molecule has 0 aliphatic rings. The standard InChI is InChI=1S/C18H22S2/c1-15-7-5-9-17(13-15)19-11-3-4-12-20-18-10-6-8-16(2)14-18/h5-10,13-14H,3-4,11-12H2,1-2H3. The van der Waals surface area contributed by atoms with Gasteiger partial charge in [-0.25, -0.2) is 0 Å². The monoisotopic (exact) mass is 302 g/mol. The quantitative estimate of drug-likeness (QED) is 0.456. The van der Waals surface area contributed by atoms with Crippen molar-refractivity contribution in [3.8, 4) is 0 Å². The van der Waals surface area contributed by atoms with E-state index in [1.54, 1.807) is 0 Å². The van der Waals surface area contributed by atoms with Gasteiger partial charge < -0.3 is 0 Å². The molecule has 0 radical (unpaired) electrons. The molecule has 0 N–H and O–H groups in total. The van der Waals surface area contributed by atoms with Crippen LogP contribution in [0.1, 0.15) is 24.0 Å². The minimum atomic E-state index is 1.22. The van der Waals surface area contributed by atoms with Gasteiger partial charge in [0.1, 0.15) is 0 Å². The number of hydrogen-bond acceptors (Lipinski definition) is 2. The zero-order chi connectivity index (χ0) is 14.2. The van der Waals surface area contributed by atoms with Crippen LogP contribution in [0.5, 0.6) is 0 Å². The third-order valence-electron chi connectivity index (χ3n) is 3.06. The van der Waals surface area contributed by atoms with Gasteiger partial charge in [-0.3, -0.25) is 0 Å². The molecule has 2 aromatic rings. The maximum atomic E-state index is 2.27. The molecule has 0 aromatic heterocycles. The number of aryl methyl sites for hydroxylation is 2. The number of benzene rings is 2. The average molecular weight is 303 g/mol. The molecule has 0 spiro atoms. The second-order valence-corrected chi connectivity index (χ2v) is 7.37. The van der Waals surface area contributed by atoms with E-state index in [4.69, 9.17) is 0 Å². The molecule has 106 valence electrons. The van der Waals surface area contributed by atoms with Crippen LogP contribution in [0.3, 0.4) is 0 Å². The van der Waals surface area contributed by atoms with E-state index in [0.717, 1.165) is 0 Å². The highest BCUT2D eigenvalue weighted by atomic mass is 32.2. The fraction of sp³-hybridized carbons (Fsp3) is 0.333. The van der Waals surface area contributed by atoms with Crippen LogP contribution in [0.25, 0.3) is 0 Å². The summed E-state index contributed by atoms with van der Waals surface area (Å²) in [4.78, 5) is 2.80.